The summed E-state index contributed by atoms with van der Waals surface area (Å²) in [6.07, 6.45) is 1.77. The Bertz CT molecular complexity index is 1090. The van der Waals surface area contributed by atoms with E-state index in [1.165, 1.54) is 14.2 Å². The van der Waals surface area contributed by atoms with Crippen molar-refractivity contribution in [2.45, 2.75) is 57.5 Å². The fraction of sp³-hybridized carbons (Fsp3) is 0.500. The molecule has 2 fully saturated rings. The number of para-hydroxylation sites is 1. The third kappa shape index (κ3) is 3.57. The van der Waals surface area contributed by atoms with Gasteiger partial charge in [0.2, 0.25) is 17.7 Å². The number of hydrogen-bond acceptors (Lipinski definition) is 5. The van der Waals surface area contributed by atoms with E-state index in [0.29, 0.717) is 17.9 Å². The summed E-state index contributed by atoms with van der Waals surface area (Å²) >= 11 is 0. The van der Waals surface area contributed by atoms with Gasteiger partial charge in [-0.2, -0.15) is 5.10 Å². The van der Waals surface area contributed by atoms with E-state index in [9.17, 15) is 14.4 Å². The van der Waals surface area contributed by atoms with Gasteiger partial charge in [-0.05, 0) is 32.8 Å². The minimum atomic E-state index is -1.26. The molecular weight excluding hydrogens is 408 g/mol. The molecule has 1 aromatic carbocycles. The number of likely N-dealkylation sites (N-methyl/N-ethyl adjacent to an activating group) is 1. The number of ether oxygens (including phenoxy) is 1. The van der Waals surface area contributed by atoms with Crippen LogP contribution in [0, 0.1) is 13.8 Å². The molecule has 0 spiro atoms. The number of likely N-dealkylation sites (tertiary alicyclic amines) is 1. The molecule has 1 aromatic heterocycles. The van der Waals surface area contributed by atoms with Crippen LogP contribution in [-0.4, -0.2) is 57.5 Å². The largest absolute Gasteiger partial charge is 0.496 e. The van der Waals surface area contributed by atoms with E-state index >= 15 is 0 Å². The number of rotatable bonds is 7. The van der Waals surface area contributed by atoms with Gasteiger partial charge >= 0.3 is 0 Å². The van der Waals surface area contributed by atoms with Crippen LogP contribution in [-0.2, 0) is 33.4 Å². The number of methoxy groups -OCH3 is 1. The van der Waals surface area contributed by atoms with E-state index in [1.807, 2.05) is 36.5 Å². The fourth-order valence-corrected chi connectivity index (χ4v) is 4.75. The summed E-state index contributed by atoms with van der Waals surface area (Å²) in [6.45, 7) is 4.40. The van der Waals surface area contributed by atoms with Gasteiger partial charge in [0.1, 0.15) is 5.75 Å². The SMILES string of the molecule is COc1ccccc1C1(CC(=O)N(Cc2c(C)nn(C)c2C)C2CC2)CC(=O)N(C)C1=O. The summed E-state index contributed by atoms with van der Waals surface area (Å²) in [5.41, 5.74) is 2.27. The molecule has 0 radical (unpaired) electrons. The summed E-state index contributed by atoms with van der Waals surface area (Å²) in [5.74, 6) is -0.262. The second kappa shape index (κ2) is 8.07. The number of hydrogen-bond donors (Lipinski definition) is 0. The number of carbonyl (C=O) groups is 3. The number of aryl methyl sites for hydroxylation is 2. The lowest BCUT2D eigenvalue weighted by atomic mass is 9.75. The average Bonchev–Trinajstić information content (AvgIpc) is 3.55. The van der Waals surface area contributed by atoms with Crippen molar-refractivity contribution in [3.8, 4) is 5.75 Å². The van der Waals surface area contributed by atoms with Crippen molar-refractivity contribution in [1.82, 2.24) is 19.6 Å². The van der Waals surface area contributed by atoms with Gasteiger partial charge in [0, 0.05) is 56.3 Å². The predicted molar refractivity (Wildman–Crippen MR) is 118 cm³/mol. The third-order valence-electron chi connectivity index (χ3n) is 6.91. The highest BCUT2D eigenvalue weighted by atomic mass is 16.5. The smallest absolute Gasteiger partial charge is 0.240 e. The van der Waals surface area contributed by atoms with E-state index in [-0.39, 0.29) is 36.6 Å². The van der Waals surface area contributed by atoms with Gasteiger partial charge in [-0.25, -0.2) is 0 Å². The third-order valence-corrected chi connectivity index (χ3v) is 6.91. The van der Waals surface area contributed by atoms with Crippen molar-refractivity contribution in [3.05, 3.63) is 46.8 Å². The summed E-state index contributed by atoms with van der Waals surface area (Å²) in [4.78, 5) is 42.7. The van der Waals surface area contributed by atoms with Crippen molar-refractivity contribution in [1.29, 1.82) is 0 Å². The first-order valence-electron chi connectivity index (χ1n) is 10.9. The number of benzene rings is 1. The van der Waals surface area contributed by atoms with Crippen molar-refractivity contribution < 1.29 is 19.1 Å². The van der Waals surface area contributed by atoms with Gasteiger partial charge in [0.05, 0.1) is 18.2 Å². The van der Waals surface area contributed by atoms with Crippen LogP contribution < -0.4 is 4.74 Å². The maximum absolute atomic E-state index is 13.7. The van der Waals surface area contributed by atoms with Crippen LogP contribution in [0.25, 0.3) is 0 Å². The van der Waals surface area contributed by atoms with Gasteiger partial charge in [-0.3, -0.25) is 24.0 Å². The maximum Gasteiger partial charge on any atom is 0.240 e. The van der Waals surface area contributed by atoms with Crippen LogP contribution >= 0.6 is 0 Å². The molecule has 1 saturated carbocycles. The molecule has 0 bridgehead atoms. The minimum Gasteiger partial charge on any atom is -0.496 e. The molecule has 1 atom stereocenters. The Morgan fingerprint density at radius 1 is 1.22 bits per heavy atom. The van der Waals surface area contributed by atoms with Gasteiger partial charge in [-0.15, -0.1) is 0 Å². The van der Waals surface area contributed by atoms with Gasteiger partial charge < -0.3 is 9.64 Å². The molecule has 0 N–H and O–H groups in total. The van der Waals surface area contributed by atoms with Crippen molar-refractivity contribution in [3.63, 3.8) is 0 Å². The molecule has 1 aliphatic carbocycles. The first-order valence-corrected chi connectivity index (χ1v) is 10.9. The first-order chi connectivity index (χ1) is 15.2. The molecule has 3 amide bonds. The lowest BCUT2D eigenvalue weighted by Gasteiger charge is -2.31. The lowest BCUT2D eigenvalue weighted by Crippen LogP contribution is -2.43. The zero-order chi connectivity index (χ0) is 23.2. The molecule has 2 heterocycles. The molecule has 8 nitrogen and oxygen atoms in total. The maximum atomic E-state index is 13.7. The van der Waals surface area contributed by atoms with Crippen LogP contribution in [0.4, 0.5) is 0 Å². The Balaban J connectivity index is 1.71. The molecule has 1 unspecified atom stereocenters. The first kappa shape index (κ1) is 22.0. The van der Waals surface area contributed by atoms with Crippen LogP contribution in [0.1, 0.15) is 48.2 Å². The normalized spacial score (nSPS) is 20.7. The highest BCUT2D eigenvalue weighted by Crippen LogP contribution is 2.44. The molecular formula is C24H30N4O4. The van der Waals surface area contributed by atoms with Gasteiger partial charge in [0.15, 0.2) is 0 Å². The van der Waals surface area contributed by atoms with E-state index < -0.39 is 5.41 Å². The number of carbonyl (C=O) groups excluding carboxylic acids is 3. The molecule has 2 aromatic rings. The van der Waals surface area contributed by atoms with E-state index in [2.05, 4.69) is 5.10 Å². The lowest BCUT2D eigenvalue weighted by molar-refractivity contribution is -0.142. The fourth-order valence-electron chi connectivity index (χ4n) is 4.75. The minimum absolute atomic E-state index is 0.0437. The Morgan fingerprint density at radius 2 is 1.91 bits per heavy atom. The van der Waals surface area contributed by atoms with Crippen LogP contribution in [0.3, 0.4) is 0 Å². The van der Waals surface area contributed by atoms with Gasteiger partial charge in [-0.1, -0.05) is 18.2 Å². The summed E-state index contributed by atoms with van der Waals surface area (Å²) in [5, 5.41) is 4.48. The van der Waals surface area contributed by atoms with Crippen LogP contribution in [0.2, 0.25) is 0 Å². The van der Waals surface area contributed by atoms with E-state index in [1.54, 1.807) is 18.2 Å². The van der Waals surface area contributed by atoms with Crippen LogP contribution in [0.5, 0.6) is 5.75 Å². The average molecular weight is 439 g/mol. The number of amides is 3. The van der Waals surface area contributed by atoms with Crippen molar-refractivity contribution >= 4 is 17.7 Å². The molecule has 4 rings (SSSR count). The standard InChI is InChI=1S/C24H30N4O4/c1-15-18(16(2)27(4)25-15)14-28(17-10-11-17)22(30)13-24(12-21(29)26(3)23(24)31)19-8-6-7-9-20(19)32-5/h6-9,17H,10-14H2,1-5H3. The summed E-state index contributed by atoms with van der Waals surface area (Å²) in [7, 11) is 4.90. The zero-order valence-corrected chi connectivity index (χ0v) is 19.3. The van der Waals surface area contributed by atoms with Crippen molar-refractivity contribution in [2.75, 3.05) is 14.2 Å². The molecule has 8 heteroatoms. The van der Waals surface area contributed by atoms with E-state index in [0.717, 1.165) is 34.7 Å². The highest BCUT2D eigenvalue weighted by molar-refractivity contribution is 6.10. The molecule has 1 aliphatic heterocycles. The number of nitrogens with zero attached hydrogens (tertiary/aromatic N) is 4. The number of imide groups is 1. The topological polar surface area (TPSA) is 84.7 Å². The summed E-state index contributed by atoms with van der Waals surface area (Å²) in [6, 6.07) is 7.32. The highest BCUT2D eigenvalue weighted by Gasteiger charge is 2.54. The Morgan fingerprint density at radius 3 is 2.44 bits per heavy atom. The Hall–Kier alpha value is -3.16. The molecule has 170 valence electrons. The number of aromatic nitrogens is 2. The zero-order valence-electron chi connectivity index (χ0n) is 19.3. The second-order valence-corrected chi connectivity index (χ2v) is 8.92. The van der Waals surface area contributed by atoms with Crippen LogP contribution in [0.15, 0.2) is 24.3 Å². The second-order valence-electron chi connectivity index (χ2n) is 8.92. The van der Waals surface area contributed by atoms with Crippen molar-refractivity contribution in [2.24, 2.45) is 7.05 Å². The summed E-state index contributed by atoms with van der Waals surface area (Å²) < 4.78 is 7.34. The van der Waals surface area contributed by atoms with Gasteiger partial charge in [0.25, 0.3) is 0 Å². The molecule has 32 heavy (non-hydrogen) atoms. The monoisotopic (exact) mass is 438 g/mol. The predicted octanol–water partition coefficient (Wildman–Crippen LogP) is 2.25. The Kier molecular flexibility index (Phi) is 5.56. The molecule has 2 aliphatic rings. The quantitative estimate of drug-likeness (QED) is 0.619. The van der Waals surface area contributed by atoms with E-state index in [4.69, 9.17) is 4.74 Å². The molecule has 1 saturated heterocycles. The Labute approximate surface area is 188 Å².